The molecule has 2 nitrogen and oxygen atoms in total. The van der Waals surface area contributed by atoms with E-state index in [1.807, 2.05) is 0 Å². The largest absolute Gasteiger partial charge is 0.236 e. The van der Waals surface area contributed by atoms with E-state index in [0.717, 1.165) is 29.1 Å². The molecular weight excluding hydrogens is 412 g/mol. The van der Waals surface area contributed by atoms with Crippen LogP contribution in [0.3, 0.4) is 0 Å². The summed E-state index contributed by atoms with van der Waals surface area (Å²) in [6.45, 7) is 4.61. The lowest BCUT2D eigenvalue weighted by molar-refractivity contribution is 0.302. The van der Waals surface area contributed by atoms with E-state index in [9.17, 15) is 0 Å². The fourth-order valence-electron chi connectivity index (χ4n) is 6.62. The van der Waals surface area contributed by atoms with Crippen LogP contribution in [0.4, 0.5) is 0 Å². The van der Waals surface area contributed by atoms with E-state index in [0.29, 0.717) is 5.92 Å². The van der Waals surface area contributed by atoms with Gasteiger partial charge in [0.25, 0.3) is 0 Å². The summed E-state index contributed by atoms with van der Waals surface area (Å²) in [5.41, 5.74) is 4.02. The Labute approximate surface area is 209 Å². The van der Waals surface area contributed by atoms with Crippen LogP contribution in [0.25, 0.3) is 11.4 Å². The van der Waals surface area contributed by atoms with Gasteiger partial charge in [0.1, 0.15) is 0 Å². The lowest BCUT2D eigenvalue weighted by atomic mass is 9.77. The molecule has 2 aliphatic carbocycles. The Balaban J connectivity index is 1.24. The first-order valence-electron chi connectivity index (χ1n) is 14.7. The van der Waals surface area contributed by atoms with Crippen molar-refractivity contribution >= 4 is 0 Å². The fraction of sp³-hybridized carbons (Fsp3) is 0.688. The summed E-state index contributed by atoms with van der Waals surface area (Å²) in [7, 11) is 0. The van der Waals surface area contributed by atoms with E-state index in [4.69, 9.17) is 9.97 Å². The summed E-state index contributed by atoms with van der Waals surface area (Å²) in [6.07, 6.45) is 26.4. The third-order valence-corrected chi connectivity index (χ3v) is 8.89. The van der Waals surface area contributed by atoms with Crippen LogP contribution in [-0.2, 0) is 0 Å². The Morgan fingerprint density at radius 3 is 1.74 bits per heavy atom. The minimum atomic E-state index is 0.663. The maximum atomic E-state index is 4.77. The number of hydrogen-bond acceptors (Lipinski definition) is 2. The molecule has 2 aromatic rings. The molecule has 0 saturated heterocycles. The van der Waals surface area contributed by atoms with Crippen molar-refractivity contribution in [2.24, 2.45) is 11.8 Å². The summed E-state index contributed by atoms with van der Waals surface area (Å²) < 4.78 is 0. The molecule has 1 aromatic heterocycles. The summed E-state index contributed by atoms with van der Waals surface area (Å²) in [4.78, 5) is 9.54. The van der Waals surface area contributed by atoms with E-state index in [2.05, 4.69) is 50.5 Å². The Morgan fingerprint density at radius 2 is 1.15 bits per heavy atom. The molecule has 2 heteroatoms. The molecule has 0 radical (unpaired) electrons. The van der Waals surface area contributed by atoms with Gasteiger partial charge < -0.3 is 0 Å². The zero-order valence-electron chi connectivity index (χ0n) is 22.0. The number of rotatable bonds is 11. The second-order valence-electron chi connectivity index (χ2n) is 11.4. The normalized spacial score (nSPS) is 25.4. The number of unbranched alkanes of at least 4 members (excludes halogenated alkanes) is 4. The van der Waals surface area contributed by atoms with Crippen LogP contribution in [0.1, 0.15) is 140 Å². The predicted molar refractivity (Wildman–Crippen MR) is 145 cm³/mol. The average molecular weight is 461 g/mol. The number of nitrogens with zero attached hydrogens (tertiary/aromatic N) is 2. The van der Waals surface area contributed by atoms with Gasteiger partial charge in [-0.3, -0.25) is 0 Å². The van der Waals surface area contributed by atoms with E-state index in [-0.39, 0.29) is 0 Å². The molecule has 0 spiro atoms. The van der Waals surface area contributed by atoms with Crippen molar-refractivity contribution in [2.75, 3.05) is 0 Å². The molecule has 0 unspecified atom stereocenters. The first-order chi connectivity index (χ1) is 16.8. The SMILES string of the molecule is CCCCCCCC1CCC(c2ccc(-c3ncc(C4CCC(CCC)CC4)cn3)cc2)CC1. The summed E-state index contributed by atoms with van der Waals surface area (Å²) in [5, 5.41) is 0. The Bertz CT molecular complexity index is 809. The lowest BCUT2D eigenvalue weighted by Crippen LogP contribution is -2.13. The van der Waals surface area contributed by atoms with Crippen LogP contribution in [0.15, 0.2) is 36.7 Å². The van der Waals surface area contributed by atoms with Gasteiger partial charge in [-0.05, 0) is 86.2 Å². The number of benzene rings is 1. The van der Waals surface area contributed by atoms with E-state index in [1.165, 1.54) is 114 Å². The minimum Gasteiger partial charge on any atom is -0.236 e. The van der Waals surface area contributed by atoms with Crippen molar-refractivity contribution in [1.82, 2.24) is 9.97 Å². The maximum Gasteiger partial charge on any atom is 0.159 e. The van der Waals surface area contributed by atoms with Gasteiger partial charge in [0.05, 0.1) is 0 Å². The number of aromatic nitrogens is 2. The van der Waals surface area contributed by atoms with Crippen LogP contribution in [0.5, 0.6) is 0 Å². The van der Waals surface area contributed by atoms with Gasteiger partial charge in [-0.25, -0.2) is 9.97 Å². The Morgan fingerprint density at radius 1 is 0.588 bits per heavy atom. The molecule has 2 fully saturated rings. The summed E-state index contributed by atoms with van der Waals surface area (Å²) in [6, 6.07) is 9.19. The van der Waals surface area contributed by atoms with Crippen LogP contribution < -0.4 is 0 Å². The zero-order valence-corrected chi connectivity index (χ0v) is 22.0. The lowest BCUT2D eigenvalue weighted by Gasteiger charge is -2.29. The number of hydrogen-bond donors (Lipinski definition) is 0. The van der Waals surface area contributed by atoms with Gasteiger partial charge in [-0.1, -0.05) is 89.5 Å². The molecule has 34 heavy (non-hydrogen) atoms. The first kappa shape index (κ1) is 25.4. The van der Waals surface area contributed by atoms with Crippen molar-refractivity contribution in [2.45, 2.75) is 128 Å². The van der Waals surface area contributed by atoms with Gasteiger partial charge in [0.15, 0.2) is 5.82 Å². The average Bonchev–Trinajstić information content (AvgIpc) is 2.90. The molecule has 0 bridgehead atoms. The monoisotopic (exact) mass is 460 g/mol. The molecular formula is C32H48N2. The van der Waals surface area contributed by atoms with Gasteiger partial charge in [0.2, 0.25) is 0 Å². The van der Waals surface area contributed by atoms with Gasteiger partial charge in [0, 0.05) is 18.0 Å². The minimum absolute atomic E-state index is 0.663. The van der Waals surface area contributed by atoms with Gasteiger partial charge in [-0.2, -0.15) is 0 Å². The Hall–Kier alpha value is -1.70. The van der Waals surface area contributed by atoms with Gasteiger partial charge >= 0.3 is 0 Å². The highest BCUT2D eigenvalue weighted by atomic mass is 14.9. The maximum absolute atomic E-state index is 4.77. The van der Waals surface area contributed by atoms with Crippen molar-refractivity contribution in [3.05, 3.63) is 47.8 Å². The highest BCUT2D eigenvalue weighted by Crippen LogP contribution is 2.39. The second-order valence-corrected chi connectivity index (χ2v) is 11.4. The second kappa shape index (κ2) is 13.4. The molecule has 4 rings (SSSR count). The van der Waals surface area contributed by atoms with Crippen molar-refractivity contribution < 1.29 is 0 Å². The molecule has 0 atom stereocenters. The topological polar surface area (TPSA) is 25.8 Å². The van der Waals surface area contributed by atoms with Crippen LogP contribution in [0, 0.1) is 11.8 Å². The molecule has 0 amide bonds. The molecule has 1 aromatic carbocycles. The molecule has 0 aliphatic heterocycles. The van der Waals surface area contributed by atoms with Crippen LogP contribution in [0.2, 0.25) is 0 Å². The predicted octanol–water partition coefficient (Wildman–Crippen LogP) is 9.85. The fourth-order valence-corrected chi connectivity index (χ4v) is 6.62. The third-order valence-electron chi connectivity index (χ3n) is 8.89. The highest BCUT2D eigenvalue weighted by Gasteiger charge is 2.23. The zero-order chi connectivity index (χ0) is 23.6. The van der Waals surface area contributed by atoms with Crippen molar-refractivity contribution in [3.8, 4) is 11.4 Å². The van der Waals surface area contributed by atoms with Crippen molar-refractivity contribution in [3.63, 3.8) is 0 Å². The van der Waals surface area contributed by atoms with E-state index < -0.39 is 0 Å². The summed E-state index contributed by atoms with van der Waals surface area (Å²) in [5.74, 6) is 4.21. The quantitative estimate of drug-likeness (QED) is 0.312. The molecule has 0 N–H and O–H groups in total. The van der Waals surface area contributed by atoms with E-state index >= 15 is 0 Å². The molecule has 186 valence electrons. The van der Waals surface area contributed by atoms with E-state index in [1.54, 1.807) is 0 Å². The molecule has 1 heterocycles. The highest BCUT2D eigenvalue weighted by molar-refractivity contribution is 5.55. The summed E-state index contributed by atoms with van der Waals surface area (Å²) >= 11 is 0. The Kier molecular flexibility index (Phi) is 10.0. The standard InChI is InChI=1S/C32H48N2/c1-3-5-6-7-8-10-26-13-15-27(16-14-26)28-19-21-30(22-20-28)32-33-23-31(24-34-32)29-17-11-25(9-4-2)12-18-29/h19-27,29H,3-18H2,1-2H3. The van der Waals surface area contributed by atoms with Gasteiger partial charge in [-0.15, -0.1) is 0 Å². The molecule has 2 aliphatic rings. The van der Waals surface area contributed by atoms with Crippen LogP contribution in [-0.4, -0.2) is 9.97 Å². The van der Waals surface area contributed by atoms with Crippen LogP contribution >= 0.6 is 0 Å². The first-order valence-corrected chi connectivity index (χ1v) is 14.7. The third kappa shape index (κ3) is 7.15. The smallest absolute Gasteiger partial charge is 0.159 e. The molecule has 2 saturated carbocycles. The van der Waals surface area contributed by atoms with Crippen molar-refractivity contribution in [1.29, 1.82) is 0 Å².